The lowest BCUT2D eigenvalue weighted by molar-refractivity contribution is 0.547. The first kappa shape index (κ1) is 14.2. The van der Waals surface area contributed by atoms with Gasteiger partial charge >= 0.3 is 0 Å². The van der Waals surface area contributed by atoms with Gasteiger partial charge in [-0.05, 0) is 6.92 Å². The zero-order chi connectivity index (χ0) is 13.8. The van der Waals surface area contributed by atoms with Crippen molar-refractivity contribution in [2.75, 3.05) is 6.54 Å². The van der Waals surface area contributed by atoms with Crippen molar-refractivity contribution in [2.24, 2.45) is 10.7 Å². The van der Waals surface area contributed by atoms with Gasteiger partial charge in [-0.1, -0.05) is 32.9 Å². The molecule has 0 aromatic carbocycles. The van der Waals surface area contributed by atoms with Gasteiger partial charge in [-0.25, -0.2) is 9.98 Å². The Labute approximate surface area is 108 Å². The molecule has 1 aromatic heterocycles. The maximum atomic E-state index is 5.70. The van der Waals surface area contributed by atoms with E-state index in [-0.39, 0.29) is 5.41 Å². The summed E-state index contributed by atoms with van der Waals surface area (Å²) < 4.78 is 0. The van der Waals surface area contributed by atoms with Crippen molar-refractivity contribution >= 4 is 5.96 Å². The Hall–Kier alpha value is -1.85. The quantitative estimate of drug-likeness (QED) is 0.423. The zero-order valence-corrected chi connectivity index (χ0v) is 11.5. The van der Waals surface area contributed by atoms with Crippen molar-refractivity contribution in [2.45, 2.75) is 39.7 Å². The number of nitrogens with one attached hydrogen (secondary N) is 2. The Kier molecular flexibility index (Phi) is 4.47. The van der Waals surface area contributed by atoms with E-state index in [0.717, 1.165) is 11.4 Å². The van der Waals surface area contributed by atoms with E-state index in [1.54, 1.807) is 0 Å². The molecule has 100 valence electrons. The average Bonchev–Trinajstić information content (AvgIpc) is 2.71. The molecular formula is C12H22N6. The van der Waals surface area contributed by atoms with Crippen LogP contribution >= 0.6 is 0 Å². The average molecular weight is 250 g/mol. The summed E-state index contributed by atoms with van der Waals surface area (Å²) in [7, 11) is 0. The number of nitrogens with zero attached hydrogens (tertiary/aromatic N) is 3. The first-order valence-corrected chi connectivity index (χ1v) is 5.89. The molecule has 0 saturated carbocycles. The van der Waals surface area contributed by atoms with Crippen LogP contribution in [0, 0.1) is 0 Å². The van der Waals surface area contributed by atoms with Gasteiger partial charge in [-0.2, -0.15) is 5.10 Å². The molecule has 0 aliphatic rings. The minimum atomic E-state index is -0.0673. The van der Waals surface area contributed by atoms with Crippen LogP contribution in [0.15, 0.2) is 17.1 Å². The summed E-state index contributed by atoms with van der Waals surface area (Å²) in [5.41, 5.74) is 6.63. The molecule has 0 bridgehead atoms. The Morgan fingerprint density at radius 2 is 2.17 bits per heavy atom. The van der Waals surface area contributed by atoms with E-state index in [2.05, 4.69) is 52.8 Å². The summed E-state index contributed by atoms with van der Waals surface area (Å²) in [5.74, 6) is 1.87. The third-order valence-corrected chi connectivity index (χ3v) is 2.17. The molecule has 0 unspecified atom stereocenters. The van der Waals surface area contributed by atoms with E-state index in [9.17, 15) is 0 Å². The highest BCUT2D eigenvalue weighted by molar-refractivity contribution is 5.77. The Morgan fingerprint density at radius 3 is 2.67 bits per heavy atom. The monoisotopic (exact) mass is 250 g/mol. The third-order valence-electron chi connectivity index (χ3n) is 2.17. The van der Waals surface area contributed by atoms with E-state index in [1.165, 1.54) is 0 Å². The maximum absolute atomic E-state index is 5.70. The highest BCUT2D eigenvalue weighted by atomic mass is 15.2. The van der Waals surface area contributed by atoms with E-state index in [4.69, 9.17) is 5.73 Å². The fourth-order valence-electron chi connectivity index (χ4n) is 1.16. The third kappa shape index (κ3) is 4.57. The fraction of sp³-hybridized carbons (Fsp3) is 0.583. The van der Waals surface area contributed by atoms with Crippen molar-refractivity contribution in [1.29, 1.82) is 0 Å². The van der Waals surface area contributed by atoms with E-state index < -0.39 is 0 Å². The second-order valence-electron chi connectivity index (χ2n) is 5.37. The van der Waals surface area contributed by atoms with Gasteiger partial charge in [0.25, 0.3) is 0 Å². The van der Waals surface area contributed by atoms with Crippen LogP contribution in [0.4, 0.5) is 0 Å². The molecule has 0 atom stereocenters. The highest BCUT2D eigenvalue weighted by Gasteiger charge is 2.18. The van der Waals surface area contributed by atoms with Gasteiger partial charge in [0.2, 0.25) is 0 Å². The maximum Gasteiger partial charge on any atom is 0.189 e. The van der Waals surface area contributed by atoms with Gasteiger partial charge < -0.3 is 11.1 Å². The molecule has 0 spiro atoms. The topological polar surface area (TPSA) is 92.0 Å². The van der Waals surface area contributed by atoms with Gasteiger partial charge in [0.1, 0.15) is 12.4 Å². The van der Waals surface area contributed by atoms with Crippen molar-refractivity contribution in [3.8, 4) is 0 Å². The Balaban J connectivity index is 2.55. The zero-order valence-electron chi connectivity index (χ0n) is 11.5. The van der Waals surface area contributed by atoms with Crippen molar-refractivity contribution in [1.82, 2.24) is 20.5 Å². The van der Waals surface area contributed by atoms with E-state index in [1.807, 2.05) is 6.92 Å². The van der Waals surface area contributed by atoms with Crippen molar-refractivity contribution < 1.29 is 0 Å². The second kappa shape index (κ2) is 5.66. The first-order valence-electron chi connectivity index (χ1n) is 5.89. The summed E-state index contributed by atoms with van der Waals surface area (Å²) in [6.07, 6.45) is 0. The molecule has 4 N–H and O–H groups in total. The van der Waals surface area contributed by atoms with Crippen LogP contribution in [0.25, 0.3) is 0 Å². The van der Waals surface area contributed by atoms with Crippen LogP contribution in [-0.4, -0.2) is 27.7 Å². The number of hydrogen-bond donors (Lipinski definition) is 3. The highest BCUT2D eigenvalue weighted by Crippen LogP contribution is 2.17. The summed E-state index contributed by atoms with van der Waals surface area (Å²) in [4.78, 5) is 8.54. The number of rotatable bonds is 4. The standard InChI is InChI=1S/C12H22N6/c1-8(2)6-14-11(13)15-7-9-16-10(18-17-9)12(3,4)5/h1,6-7H2,2-5H3,(H3,13,14,15)(H,16,17,18). The van der Waals surface area contributed by atoms with Gasteiger partial charge in [0.15, 0.2) is 11.8 Å². The lowest BCUT2D eigenvalue weighted by Gasteiger charge is -2.11. The minimum Gasteiger partial charge on any atom is -0.370 e. The van der Waals surface area contributed by atoms with Crippen molar-refractivity contribution in [3.05, 3.63) is 23.8 Å². The van der Waals surface area contributed by atoms with E-state index >= 15 is 0 Å². The van der Waals surface area contributed by atoms with Crippen LogP contribution in [0.3, 0.4) is 0 Å². The summed E-state index contributed by atoms with van der Waals surface area (Å²) in [6, 6.07) is 0. The van der Waals surface area contributed by atoms with Crippen LogP contribution < -0.4 is 11.1 Å². The first-order chi connectivity index (χ1) is 8.29. The molecule has 0 aliphatic heterocycles. The SMILES string of the molecule is C=C(C)CNC(N)=NCc1nc(C(C)(C)C)n[nH]1. The van der Waals surface area contributed by atoms with Crippen LogP contribution in [-0.2, 0) is 12.0 Å². The summed E-state index contributed by atoms with van der Waals surface area (Å²) in [5, 5.41) is 9.98. The molecule has 0 radical (unpaired) electrons. The number of hydrogen-bond acceptors (Lipinski definition) is 3. The van der Waals surface area contributed by atoms with E-state index in [0.29, 0.717) is 24.9 Å². The smallest absolute Gasteiger partial charge is 0.189 e. The van der Waals surface area contributed by atoms with Crippen LogP contribution in [0.1, 0.15) is 39.3 Å². The number of aliphatic imine (C=N–C) groups is 1. The second-order valence-corrected chi connectivity index (χ2v) is 5.37. The minimum absolute atomic E-state index is 0.0673. The molecule has 0 aliphatic carbocycles. The number of aromatic amines is 1. The molecule has 1 heterocycles. The normalized spacial score (nSPS) is 12.6. The molecular weight excluding hydrogens is 228 g/mol. The molecule has 1 aromatic rings. The molecule has 1 rings (SSSR count). The summed E-state index contributed by atoms with van der Waals surface area (Å²) in [6.45, 7) is 12.9. The van der Waals surface area contributed by atoms with Gasteiger partial charge in [0.05, 0.1) is 0 Å². The number of guanidine groups is 1. The fourth-order valence-corrected chi connectivity index (χ4v) is 1.16. The van der Waals surface area contributed by atoms with Gasteiger partial charge in [0, 0.05) is 12.0 Å². The Morgan fingerprint density at radius 1 is 1.50 bits per heavy atom. The molecule has 0 amide bonds. The molecule has 0 fully saturated rings. The van der Waals surface area contributed by atoms with Crippen molar-refractivity contribution in [3.63, 3.8) is 0 Å². The van der Waals surface area contributed by atoms with Gasteiger partial charge in [-0.15, -0.1) is 0 Å². The van der Waals surface area contributed by atoms with Gasteiger partial charge in [-0.3, -0.25) is 5.10 Å². The molecule has 6 nitrogen and oxygen atoms in total. The lowest BCUT2D eigenvalue weighted by Crippen LogP contribution is -2.32. The number of nitrogens with two attached hydrogens (primary N) is 1. The van der Waals surface area contributed by atoms with Crippen LogP contribution in [0.5, 0.6) is 0 Å². The lowest BCUT2D eigenvalue weighted by atomic mass is 9.96. The molecule has 18 heavy (non-hydrogen) atoms. The van der Waals surface area contributed by atoms with Crippen LogP contribution in [0.2, 0.25) is 0 Å². The summed E-state index contributed by atoms with van der Waals surface area (Å²) >= 11 is 0. The largest absolute Gasteiger partial charge is 0.370 e. The number of H-pyrrole nitrogens is 1. The molecule has 0 saturated heterocycles. The Bertz CT molecular complexity index is 438. The predicted octanol–water partition coefficient (Wildman–Crippen LogP) is 1.08. The predicted molar refractivity (Wildman–Crippen MR) is 73.2 cm³/mol. The number of aromatic nitrogens is 3. The molecule has 6 heteroatoms.